The van der Waals surface area contributed by atoms with Gasteiger partial charge in [0, 0.05) is 28.3 Å². The lowest BCUT2D eigenvalue weighted by molar-refractivity contribution is -0.139. The maximum Gasteiger partial charge on any atom is 0.316 e. The Bertz CT molecular complexity index is 1240. The molecule has 1 saturated carbocycles. The number of amides is 3. The second-order valence-electron chi connectivity index (χ2n) is 9.84. The summed E-state index contributed by atoms with van der Waals surface area (Å²) < 4.78 is 5.61. The molecule has 9 heteroatoms. The van der Waals surface area contributed by atoms with E-state index in [1.807, 2.05) is 31.2 Å². The van der Waals surface area contributed by atoms with E-state index in [0.717, 1.165) is 11.3 Å². The molecule has 2 aromatic carbocycles. The SMILES string of the molecule is Cc1cccc(N2C[C@H](C(=O)Oc3ccc(N4C(=O)[C@@H]5C[C@@H](Br)[C@@H](Br)C[C@H]5C4=O)c(C)c3)CC2=O)c1. The number of anilines is 2. The number of aryl methyl sites for hydroxylation is 2. The van der Waals surface area contributed by atoms with Crippen LogP contribution in [0.25, 0.3) is 0 Å². The average molecular weight is 618 g/mol. The van der Waals surface area contributed by atoms with E-state index in [9.17, 15) is 19.2 Å². The number of nitrogens with zero attached hydrogens (tertiary/aromatic N) is 2. The molecule has 188 valence electrons. The summed E-state index contributed by atoms with van der Waals surface area (Å²) in [5, 5.41) is 0. The molecule has 0 unspecified atom stereocenters. The van der Waals surface area contributed by atoms with Gasteiger partial charge in [-0.2, -0.15) is 0 Å². The van der Waals surface area contributed by atoms with E-state index >= 15 is 0 Å². The van der Waals surface area contributed by atoms with Crippen LogP contribution in [0.5, 0.6) is 5.75 Å². The van der Waals surface area contributed by atoms with Crippen LogP contribution < -0.4 is 14.5 Å². The number of rotatable bonds is 4. The maximum atomic E-state index is 13.1. The van der Waals surface area contributed by atoms with Crippen molar-refractivity contribution in [2.75, 3.05) is 16.3 Å². The summed E-state index contributed by atoms with van der Waals surface area (Å²) >= 11 is 7.22. The van der Waals surface area contributed by atoms with Gasteiger partial charge in [-0.15, -0.1) is 0 Å². The highest BCUT2D eigenvalue weighted by molar-refractivity contribution is 9.12. The fourth-order valence-electron chi connectivity index (χ4n) is 5.39. The highest BCUT2D eigenvalue weighted by Gasteiger charge is 2.52. The van der Waals surface area contributed by atoms with Crippen molar-refractivity contribution in [1.82, 2.24) is 0 Å². The maximum absolute atomic E-state index is 13.1. The summed E-state index contributed by atoms with van der Waals surface area (Å²) in [6.07, 6.45) is 1.30. The van der Waals surface area contributed by atoms with Crippen LogP contribution in [0.2, 0.25) is 0 Å². The summed E-state index contributed by atoms with van der Waals surface area (Å²) in [6.45, 7) is 4.01. The molecule has 7 nitrogen and oxygen atoms in total. The largest absolute Gasteiger partial charge is 0.426 e. The Hall–Kier alpha value is -2.52. The second kappa shape index (κ2) is 9.74. The highest BCUT2D eigenvalue weighted by atomic mass is 79.9. The molecule has 3 fully saturated rings. The Morgan fingerprint density at radius 1 is 0.944 bits per heavy atom. The Morgan fingerprint density at radius 3 is 2.22 bits per heavy atom. The van der Waals surface area contributed by atoms with Gasteiger partial charge in [-0.1, -0.05) is 44.0 Å². The average Bonchev–Trinajstić information content (AvgIpc) is 3.33. The molecule has 0 bridgehead atoms. The number of alkyl halides is 2. The zero-order valence-corrected chi connectivity index (χ0v) is 23.1. The third kappa shape index (κ3) is 4.52. The number of imide groups is 1. The van der Waals surface area contributed by atoms with Crippen molar-refractivity contribution in [2.24, 2.45) is 17.8 Å². The van der Waals surface area contributed by atoms with Crippen molar-refractivity contribution in [3.8, 4) is 5.75 Å². The summed E-state index contributed by atoms with van der Waals surface area (Å²) in [6, 6.07) is 12.5. The molecule has 2 aliphatic heterocycles. The van der Waals surface area contributed by atoms with Crippen LogP contribution in [0.3, 0.4) is 0 Å². The molecule has 0 radical (unpaired) electrons. The van der Waals surface area contributed by atoms with Gasteiger partial charge in [0.25, 0.3) is 0 Å². The lowest BCUT2D eigenvalue weighted by atomic mass is 9.81. The van der Waals surface area contributed by atoms with Crippen LogP contribution in [-0.4, -0.2) is 39.9 Å². The third-order valence-electron chi connectivity index (χ3n) is 7.31. The minimum atomic E-state index is -0.572. The Kier molecular flexibility index (Phi) is 6.80. The number of hydrogen-bond donors (Lipinski definition) is 0. The molecule has 2 heterocycles. The van der Waals surface area contributed by atoms with Crippen LogP contribution in [0.4, 0.5) is 11.4 Å². The van der Waals surface area contributed by atoms with Gasteiger partial charge >= 0.3 is 5.97 Å². The summed E-state index contributed by atoms with van der Waals surface area (Å²) in [5.41, 5.74) is 2.98. The fraction of sp³-hybridized carbons (Fsp3) is 0.407. The van der Waals surface area contributed by atoms with Gasteiger partial charge in [0.1, 0.15) is 5.75 Å². The number of ether oxygens (including phenoxy) is 1. The molecule has 1 aliphatic carbocycles. The number of carbonyl (C=O) groups excluding carboxylic acids is 4. The van der Waals surface area contributed by atoms with Crippen molar-refractivity contribution in [3.05, 3.63) is 53.6 Å². The molecule has 0 aromatic heterocycles. The Morgan fingerprint density at radius 2 is 1.61 bits per heavy atom. The molecular formula is C27H26Br2N2O5. The molecule has 3 amide bonds. The molecule has 5 atom stereocenters. The van der Waals surface area contributed by atoms with Gasteiger partial charge in [0.05, 0.1) is 23.4 Å². The number of carbonyl (C=O) groups is 4. The van der Waals surface area contributed by atoms with Gasteiger partial charge in [0.15, 0.2) is 0 Å². The van der Waals surface area contributed by atoms with Gasteiger partial charge in [-0.05, 0) is 68.1 Å². The first kappa shape index (κ1) is 25.1. The molecular weight excluding hydrogens is 592 g/mol. The fourth-order valence-corrected chi connectivity index (χ4v) is 6.62. The van der Waals surface area contributed by atoms with Crippen LogP contribution >= 0.6 is 31.9 Å². The minimum absolute atomic E-state index is 0.0898. The number of hydrogen-bond acceptors (Lipinski definition) is 5. The van der Waals surface area contributed by atoms with Gasteiger partial charge in [0.2, 0.25) is 17.7 Å². The first-order valence-corrected chi connectivity index (χ1v) is 13.8. The number of fused-ring (bicyclic) bond motifs is 1. The summed E-state index contributed by atoms with van der Waals surface area (Å²) in [4.78, 5) is 54.9. The second-order valence-corrected chi connectivity index (χ2v) is 12.2. The monoisotopic (exact) mass is 616 g/mol. The highest BCUT2D eigenvalue weighted by Crippen LogP contribution is 2.45. The zero-order chi connectivity index (χ0) is 25.7. The molecule has 36 heavy (non-hydrogen) atoms. The van der Waals surface area contributed by atoms with E-state index in [1.54, 1.807) is 30.0 Å². The predicted octanol–water partition coefficient (Wildman–Crippen LogP) is 4.69. The predicted molar refractivity (Wildman–Crippen MR) is 143 cm³/mol. The van der Waals surface area contributed by atoms with E-state index in [1.165, 1.54) is 4.90 Å². The van der Waals surface area contributed by atoms with Crippen LogP contribution in [0, 0.1) is 31.6 Å². The summed E-state index contributed by atoms with van der Waals surface area (Å²) in [7, 11) is 0. The van der Waals surface area contributed by atoms with E-state index in [4.69, 9.17) is 4.74 Å². The van der Waals surface area contributed by atoms with E-state index in [2.05, 4.69) is 31.9 Å². The molecule has 3 aliphatic rings. The van der Waals surface area contributed by atoms with Crippen molar-refractivity contribution >= 4 is 66.9 Å². The molecule has 0 spiro atoms. The molecule has 0 N–H and O–H groups in total. The lowest BCUT2D eigenvalue weighted by Gasteiger charge is -2.29. The molecule has 2 aromatic rings. The minimum Gasteiger partial charge on any atom is -0.426 e. The van der Waals surface area contributed by atoms with Crippen LogP contribution in [0.15, 0.2) is 42.5 Å². The number of halogens is 2. The molecule has 5 rings (SSSR count). The zero-order valence-electron chi connectivity index (χ0n) is 19.9. The van der Waals surface area contributed by atoms with Crippen LogP contribution in [-0.2, 0) is 19.2 Å². The Balaban J connectivity index is 1.28. The van der Waals surface area contributed by atoms with Gasteiger partial charge in [-0.3, -0.25) is 19.2 Å². The van der Waals surface area contributed by atoms with Crippen molar-refractivity contribution in [2.45, 2.75) is 42.8 Å². The van der Waals surface area contributed by atoms with Crippen molar-refractivity contribution in [3.63, 3.8) is 0 Å². The first-order valence-electron chi connectivity index (χ1n) is 12.0. The van der Waals surface area contributed by atoms with Crippen LogP contribution in [0.1, 0.15) is 30.4 Å². The van der Waals surface area contributed by atoms with Gasteiger partial charge < -0.3 is 9.64 Å². The lowest BCUT2D eigenvalue weighted by Crippen LogP contribution is -2.34. The van der Waals surface area contributed by atoms with E-state index in [-0.39, 0.29) is 52.2 Å². The van der Waals surface area contributed by atoms with Crippen molar-refractivity contribution < 1.29 is 23.9 Å². The number of benzene rings is 2. The quantitative estimate of drug-likeness (QED) is 0.215. The Labute approximate surface area is 226 Å². The topological polar surface area (TPSA) is 84.0 Å². The van der Waals surface area contributed by atoms with Gasteiger partial charge in [-0.25, -0.2) is 4.90 Å². The summed E-state index contributed by atoms with van der Waals surface area (Å²) in [5.74, 6) is -1.86. The standard InChI is InChI=1S/C27H26Br2N2O5/c1-14-4-3-5-17(8-14)30-13-16(10-24(30)32)27(35)36-18-6-7-23(15(2)9-18)31-25(33)19-11-21(28)22(29)12-20(19)26(31)34/h3-9,16,19-22H,10-13H2,1-2H3/t16-,19-,20-,21-,22+/m1/s1. The van der Waals surface area contributed by atoms with E-state index in [0.29, 0.717) is 29.8 Å². The normalized spacial score (nSPS) is 28.0. The molecule has 2 saturated heterocycles. The third-order valence-corrected chi connectivity index (χ3v) is 10.0. The van der Waals surface area contributed by atoms with Crippen molar-refractivity contribution in [1.29, 1.82) is 0 Å². The smallest absolute Gasteiger partial charge is 0.316 e. The van der Waals surface area contributed by atoms with E-state index < -0.39 is 11.9 Å². The first-order chi connectivity index (χ1) is 17.1. The number of esters is 1.